The molecule has 0 aromatic rings. The molecule has 2 N–H and O–H groups in total. The molecule has 0 saturated heterocycles. The molecule has 17 heavy (non-hydrogen) atoms. The van der Waals surface area contributed by atoms with E-state index < -0.39 is 18.0 Å². The minimum atomic E-state index is -1.31. The van der Waals surface area contributed by atoms with Crippen LogP contribution >= 0.6 is 0 Å². The van der Waals surface area contributed by atoms with Gasteiger partial charge in [-0.2, -0.15) is 0 Å². The Morgan fingerprint density at radius 2 is 1.88 bits per heavy atom. The minimum absolute atomic E-state index is 0.226. The van der Waals surface area contributed by atoms with Gasteiger partial charge in [0.25, 0.3) is 0 Å². The van der Waals surface area contributed by atoms with E-state index in [0.717, 1.165) is 6.20 Å². The lowest BCUT2D eigenvalue weighted by atomic mass is 10.2. The van der Waals surface area contributed by atoms with Gasteiger partial charge in [-0.1, -0.05) is 0 Å². The molecule has 0 amide bonds. The zero-order valence-corrected chi connectivity index (χ0v) is 10.1. The maximum Gasteiger partial charge on any atom is 0.340 e. The number of nitrogens with one attached hydrogen (secondary N) is 1. The first-order valence-corrected chi connectivity index (χ1v) is 4.81. The van der Waals surface area contributed by atoms with Gasteiger partial charge in [0, 0.05) is 27.5 Å². The third-order valence-corrected chi connectivity index (χ3v) is 1.86. The molecule has 0 heterocycles. The number of carboxylic acid groups (broad SMARTS) is 1. The number of carboxylic acids is 1. The standard InChI is InChI=1S/C10H17NO6/c1-15-6-8(12)7(10(13)14)4-11-5-9(16-2)17-3/h4,9,11H,5-6H2,1-3H3,(H,13,14)/b7-4+. The van der Waals surface area contributed by atoms with E-state index in [2.05, 4.69) is 10.1 Å². The fourth-order valence-electron chi connectivity index (χ4n) is 0.990. The lowest BCUT2D eigenvalue weighted by molar-refractivity contribution is -0.135. The van der Waals surface area contributed by atoms with E-state index in [1.54, 1.807) is 0 Å². The Morgan fingerprint density at radius 1 is 1.29 bits per heavy atom. The minimum Gasteiger partial charge on any atom is -0.478 e. The summed E-state index contributed by atoms with van der Waals surface area (Å²) in [6.07, 6.45) is 0.591. The molecule has 0 spiro atoms. The van der Waals surface area contributed by atoms with Gasteiger partial charge in [-0.05, 0) is 0 Å². The predicted molar refractivity (Wildman–Crippen MR) is 58.4 cm³/mol. The van der Waals surface area contributed by atoms with Crippen LogP contribution in [0.4, 0.5) is 0 Å². The van der Waals surface area contributed by atoms with Gasteiger partial charge in [-0.3, -0.25) is 4.79 Å². The Kier molecular flexibility index (Phi) is 7.95. The zero-order chi connectivity index (χ0) is 13.3. The average molecular weight is 247 g/mol. The molecule has 0 saturated carbocycles. The first-order valence-electron chi connectivity index (χ1n) is 4.81. The maximum atomic E-state index is 11.3. The number of carbonyl (C=O) groups is 2. The molecule has 7 heteroatoms. The lowest BCUT2D eigenvalue weighted by Gasteiger charge is -2.13. The number of carbonyl (C=O) groups excluding carboxylic acids is 1. The molecule has 0 fully saturated rings. The van der Waals surface area contributed by atoms with Crippen molar-refractivity contribution in [1.82, 2.24) is 5.32 Å². The van der Waals surface area contributed by atoms with Crippen LogP contribution in [0, 0.1) is 0 Å². The van der Waals surface area contributed by atoms with Gasteiger partial charge < -0.3 is 24.6 Å². The largest absolute Gasteiger partial charge is 0.478 e. The third kappa shape index (κ3) is 6.00. The quantitative estimate of drug-likeness (QED) is 0.243. The van der Waals surface area contributed by atoms with Crippen molar-refractivity contribution in [3.8, 4) is 0 Å². The monoisotopic (exact) mass is 247 g/mol. The lowest BCUT2D eigenvalue weighted by Crippen LogP contribution is -2.28. The predicted octanol–water partition coefficient (Wildman–Crippen LogP) is -0.621. The molecule has 0 aromatic heterocycles. The molecule has 0 aliphatic heterocycles. The van der Waals surface area contributed by atoms with Crippen molar-refractivity contribution in [2.45, 2.75) is 6.29 Å². The highest BCUT2D eigenvalue weighted by Gasteiger charge is 2.16. The molecule has 0 aliphatic rings. The molecule has 0 aliphatic carbocycles. The molecule has 0 radical (unpaired) electrons. The highest BCUT2D eigenvalue weighted by atomic mass is 16.7. The smallest absolute Gasteiger partial charge is 0.340 e. The van der Waals surface area contributed by atoms with Gasteiger partial charge in [0.15, 0.2) is 12.1 Å². The Bertz CT molecular complexity index is 285. The number of hydrogen-bond acceptors (Lipinski definition) is 6. The second-order valence-electron chi connectivity index (χ2n) is 3.03. The summed E-state index contributed by atoms with van der Waals surface area (Å²) in [6.45, 7) is -0.0537. The SMILES string of the molecule is COCC(=O)/C(=C\NCC(OC)OC)C(=O)O. The van der Waals surface area contributed by atoms with Gasteiger partial charge >= 0.3 is 5.97 Å². The van der Waals surface area contributed by atoms with E-state index in [1.807, 2.05) is 0 Å². The van der Waals surface area contributed by atoms with Crippen molar-refractivity contribution < 1.29 is 28.9 Å². The summed E-state index contributed by atoms with van der Waals surface area (Å²) in [5.74, 6) is -1.93. The summed E-state index contributed by atoms with van der Waals surface area (Å²) in [5.41, 5.74) is -0.377. The molecule has 0 unspecified atom stereocenters. The topological polar surface area (TPSA) is 94.1 Å². The van der Waals surface area contributed by atoms with E-state index in [0.29, 0.717) is 0 Å². The number of methoxy groups -OCH3 is 3. The maximum absolute atomic E-state index is 11.3. The molecule has 98 valence electrons. The van der Waals surface area contributed by atoms with E-state index in [1.165, 1.54) is 21.3 Å². The summed E-state index contributed by atoms with van der Waals surface area (Å²) in [7, 11) is 4.22. The van der Waals surface area contributed by atoms with Crippen LogP contribution in [-0.2, 0) is 23.8 Å². The molecule has 7 nitrogen and oxygen atoms in total. The van der Waals surface area contributed by atoms with Crippen molar-refractivity contribution in [1.29, 1.82) is 0 Å². The Labute approximate surface area is 99.3 Å². The summed E-state index contributed by atoms with van der Waals surface area (Å²) < 4.78 is 14.3. The van der Waals surface area contributed by atoms with Gasteiger partial charge in [0.1, 0.15) is 12.2 Å². The first-order chi connectivity index (χ1) is 8.06. The van der Waals surface area contributed by atoms with Crippen molar-refractivity contribution in [3.05, 3.63) is 11.8 Å². The van der Waals surface area contributed by atoms with Gasteiger partial charge in [0.2, 0.25) is 0 Å². The summed E-state index contributed by atoms with van der Waals surface area (Å²) in [4.78, 5) is 22.1. The highest BCUT2D eigenvalue weighted by Crippen LogP contribution is 1.97. The summed E-state index contributed by atoms with van der Waals surface area (Å²) in [6, 6.07) is 0. The fraction of sp³-hybridized carbons (Fsp3) is 0.600. The van der Waals surface area contributed by atoms with Crippen LogP contribution in [-0.4, -0.2) is 57.6 Å². The molecule has 0 rings (SSSR count). The van der Waals surface area contributed by atoms with E-state index in [9.17, 15) is 9.59 Å². The number of ether oxygens (including phenoxy) is 3. The van der Waals surface area contributed by atoms with Crippen LogP contribution in [0.2, 0.25) is 0 Å². The van der Waals surface area contributed by atoms with E-state index in [4.69, 9.17) is 14.6 Å². The summed E-state index contributed by atoms with van der Waals surface area (Å²) in [5, 5.41) is 11.4. The first kappa shape index (κ1) is 15.6. The van der Waals surface area contributed by atoms with Gasteiger partial charge in [0.05, 0.1) is 6.54 Å². The number of ketones is 1. The zero-order valence-electron chi connectivity index (χ0n) is 10.1. The molecular weight excluding hydrogens is 230 g/mol. The van der Waals surface area contributed by atoms with Crippen LogP contribution < -0.4 is 5.32 Å². The highest BCUT2D eigenvalue weighted by molar-refractivity contribution is 6.17. The van der Waals surface area contributed by atoms with Gasteiger partial charge in [-0.15, -0.1) is 0 Å². The Balaban J connectivity index is 4.41. The van der Waals surface area contributed by atoms with Crippen molar-refractivity contribution in [2.75, 3.05) is 34.5 Å². The molecular formula is C10H17NO6. The number of rotatable bonds is 9. The second kappa shape index (κ2) is 8.68. The van der Waals surface area contributed by atoms with Crippen LogP contribution in [0.25, 0.3) is 0 Å². The van der Waals surface area contributed by atoms with Crippen LogP contribution in [0.3, 0.4) is 0 Å². The molecule has 0 atom stereocenters. The average Bonchev–Trinajstić information content (AvgIpc) is 2.29. The normalized spacial score (nSPS) is 11.6. The van der Waals surface area contributed by atoms with E-state index >= 15 is 0 Å². The van der Waals surface area contributed by atoms with E-state index in [-0.39, 0.29) is 18.7 Å². The second-order valence-corrected chi connectivity index (χ2v) is 3.03. The number of aliphatic carboxylic acids is 1. The third-order valence-electron chi connectivity index (χ3n) is 1.86. The van der Waals surface area contributed by atoms with Crippen molar-refractivity contribution in [3.63, 3.8) is 0 Å². The van der Waals surface area contributed by atoms with Crippen LogP contribution in [0.15, 0.2) is 11.8 Å². The fourth-order valence-corrected chi connectivity index (χ4v) is 0.990. The van der Waals surface area contributed by atoms with Crippen molar-refractivity contribution >= 4 is 11.8 Å². The van der Waals surface area contributed by atoms with Gasteiger partial charge in [-0.25, -0.2) is 4.79 Å². The number of hydrogen-bond donors (Lipinski definition) is 2. The Morgan fingerprint density at radius 3 is 2.29 bits per heavy atom. The van der Waals surface area contributed by atoms with Crippen LogP contribution in [0.5, 0.6) is 0 Å². The van der Waals surface area contributed by atoms with Crippen LogP contribution in [0.1, 0.15) is 0 Å². The van der Waals surface area contributed by atoms with Crippen molar-refractivity contribution in [2.24, 2.45) is 0 Å². The summed E-state index contributed by atoms with van der Waals surface area (Å²) >= 11 is 0. The molecule has 0 aromatic carbocycles. The number of Topliss-reactive ketones (excluding diaryl/α,β-unsaturated/α-hetero) is 1. The molecule has 0 bridgehead atoms. The Hall–Kier alpha value is -1.44.